The first-order valence-corrected chi connectivity index (χ1v) is 8.32. The average molecular weight is 304 g/mol. The van der Waals surface area contributed by atoms with Gasteiger partial charge in [-0.2, -0.15) is 5.10 Å². The van der Waals surface area contributed by atoms with E-state index in [0.717, 1.165) is 36.4 Å². The summed E-state index contributed by atoms with van der Waals surface area (Å²) in [6, 6.07) is 0. The van der Waals surface area contributed by atoms with Gasteiger partial charge in [-0.05, 0) is 37.7 Å². The summed E-state index contributed by atoms with van der Waals surface area (Å²) in [7, 11) is 1.82. The smallest absolute Gasteiger partial charge is 0.273 e. The number of carbonyl (C=O) groups is 1. The molecule has 0 bridgehead atoms. The second-order valence-electron chi connectivity index (χ2n) is 5.52. The third-order valence-corrected chi connectivity index (χ3v) is 4.77. The summed E-state index contributed by atoms with van der Waals surface area (Å²) < 4.78 is 0. The van der Waals surface area contributed by atoms with Crippen molar-refractivity contribution in [2.75, 3.05) is 7.05 Å². The Balaban J connectivity index is 1.69. The first-order valence-electron chi connectivity index (χ1n) is 7.44. The van der Waals surface area contributed by atoms with Crippen LogP contribution in [0.15, 0.2) is 5.38 Å². The lowest BCUT2D eigenvalue weighted by Crippen LogP contribution is -2.27. The fraction of sp³-hybridized carbons (Fsp3) is 0.533. The van der Waals surface area contributed by atoms with Gasteiger partial charge in [0.1, 0.15) is 5.69 Å². The van der Waals surface area contributed by atoms with Crippen LogP contribution in [-0.2, 0) is 25.8 Å². The summed E-state index contributed by atoms with van der Waals surface area (Å²) in [4.78, 5) is 18.6. The second-order valence-corrected chi connectivity index (χ2v) is 6.46. The summed E-state index contributed by atoms with van der Waals surface area (Å²) >= 11 is 1.57. The zero-order valence-corrected chi connectivity index (χ0v) is 13.3. The molecule has 1 N–H and O–H groups in total. The van der Waals surface area contributed by atoms with Gasteiger partial charge < -0.3 is 4.90 Å². The fourth-order valence-electron chi connectivity index (χ4n) is 2.75. The number of rotatable bonds is 5. The molecule has 6 heteroatoms. The van der Waals surface area contributed by atoms with Crippen LogP contribution in [0.5, 0.6) is 0 Å². The predicted molar refractivity (Wildman–Crippen MR) is 82.5 cm³/mol. The molecule has 0 radical (unpaired) electrons. The maximum Gasteiger partial charge on any atom is 0.273 e. The third-order valence-electron chi connectivity index (χ3n) is 3.86. The molecule has 0 aromatic carbocycles. The summed E-state index contributed by atoms with van der Waals surface area (Å²) in [6.45, 7) is 2.67. The number of aromatic amines is 1. The van der Waals surface area contributed by atoms with Crippen LogP contribution in [-0.4, -0.2) is 33.0 Å². The van der Waals surface area contributed by atoms with Crippen LogP contribution in [0.3, 0.4) is 0 Å². The number of aryl methyl sites for hydroxylation is 2. The minimum atomic E-state index is -0.0247. The molecule has 0 unspecified atom stereocenters. The number of fused-ring (bicyclic) bond motifs is 1. The molecule has 1 amide bonds. The Morgan fingerprint density at radius 1 is 1.48 bits per heavy atom. The first-order chi connectivity index (χ1) is 10.2. The van der Waals surface area contributed by atoms with E-state index >= 15 is 0 Å². The van der Waals surface area contributed by atoms with Gasteiger partial charge in [0.15, 0.2) is 0 Å². The number of nitrogens with zero attached hydrogens (tertiary/aromatic N) is 3. The highest BCUT2D eigenvalue weighted by Crippen LogP contribution is 2.24. The molecule has 0 aliphatic heterocycles. The molecule has 5 nitrogen and oxygen atoms in total. The normalized spacial score (nSPS) is 13.4. The van der Waals surface area contributed by atoms with E-state index in [4.69, 9.17) is 0 Å². The van der Waals surface area contributed by atoms with Gasteiger partial charge in [0.2, 0.25) is 0 Å². The maximum absolute atomic E-state index is 12.4. The van der Waals surface area contributed by atoms with Crippen molar-refractivity contribution in [2.45, 2.75) is 45.6 Å². The second kappa shape index (κ2) is 5.97. The molecule has 2 aromatic rings. The molecule has 21 heavy (non-hydrogen) atoms. The highest BCUT2D eigenvalue weighted by Gasteiger charge is 2.22. The van der Waals surface area contributed by atoms with Gasteiger partial charge in [-0.15, -0.1) is 11.3 Å². The van der Waals surface area contributed by atoms with Crippen molar-refractivity contribution in [3.05, 3.63) is 33.0 Å². The summed E-state index contributed by atoms with van der Waals surface area (Å²) in [5.74, 6) is -0.0247. The Morgan fingerprint density at radius 3 is 3.14 bits per heavy atom. The monoisotopic (exact) mass is 304 g/mol. The van der Waals surface area contributed by atoms with Gasteiger partial charge >= 0.3 is 0 Å². The molecule has 0 fully saturated rings. The van der Waals surface area contributed by atoms with Gasteiger partial charge in [0.25, 0.3) is 5.91 Å². The molecule has 0 saturated carbocycles. The van der Waals surface area contributed by atoms with Crippen molar-refractivity contribution in [3.63, 3.8) is 0 Å². The van der Waals surface area contributed by atoms with E-state index in [1.54, 1.807) is 16.2 Å². The van der Waals surface area contributed by atoms with E-state index in [1.165, 1.54) is 17.7 Å². The van der Waals surface area contributed by atoms with Crippen LogP contribution in [0.4, 0.5) is 0 Å². The maximum atomic E-state index is 12.4. The summed E-state index contributed by atoms with van der Waals surface area (Å²) in [6.07, 6.45) is 5.32. The number of hydrogen-bond donors (Lipinski definition) is 1. The molecule has 0 atom stereocenters. The van der Waals surface area contributed by atoms with Crippen molar-refractivity contribution in [2.24, 2.45) is 0 Å². The molecular formula is C15H20N4OS. The lowest BCUT2D eigenvalue weighted by atomic mass is 10.2. The number of amides is 1. The number of H-pyrrole nitrogens is 1. The summed E-state index contributed by atoms with van der Waals surface area (Å²) in [5.41, 5.74) is 4.10. The number of nitrogens with one attached hydrogen (secondary N) is 1. The number of hydrogen-bond acceptors (Lipinski definition) is 4. The Labute approximate surface area is 128 Å². The number of aromatic nitrogens is 3. The highest BCUT2D eigenvalue weighted by molar-refractivity contribution is 7.09. The molecule has 1 aliphatic carbocycles. The predicted octanol–water partition coefficient (Wildman–Crippen LogP) is 2.58. The molecule has 2 aromatic heterocycles. The Hall–Kier alpha value is -1.69. The number of thiazole rings is 1. The Morgan fingerprint density at radius 2 is 2.33 bits per heavy atom. The van der Waals surface area contributed by atoms with Gasteiger partial charge in [-0.1, -0.05) is 6.92 Å². The zero-order valence-electron chi connectivity index (χ0n) is 12.5. The van der Waals surface area contributed by atoms with Gasteiger partial charge in [-0.25, -0.2) is 4.98 Å². The standard InChI is InChI=1S/C15H20N4OS/c1-3-5-14-16-13(9-21-14)15(20)19(2)8-12-10-6-4-7-11(10)17-18-12/h9H,3-8H2,1-2H3,(H,17,18). The topological polar surface area (TPSA) is 61.9 Å². The van der Waals surface area contributed by atoms with E-state index in [-0.39, 0.29) is 5.91 Å². The van der Waals surface area contributed by atoms with E-state index in [2.05, 4.69) is 22.1 Å². The van der Waals surface area contributed by atoms with Gasteiger partial charge in [-0.3, -0.25) is 9.89 Å². The van der Waals surface area contributed by atoms with E-state index in [0.29, 0.717) is 12.2 Å². The van der Waals surface area contributed by atoms with Gasteiger partial charge in [0.05, 0.1) is 17.2 Å². The van der Waals surface area contributed by atoms with Crippen molar-refractivity contribution in [1.82, 2.24) is 20.1 Å². The van der Waals surface area contributed by atoms with Crippen LogP contribution >= 0.6 is 11.3 Å². The minimum Gasteiger partial charge on any atom is -0.334 e. The molecule has 112 valence electrons. The van der Waals surface area contributed by atoms with Crippen LogP contribution in [0.25, 0.3) is 0 Å². The van der Waals surface area contributed by atoms with Crippen LogP contribution in [0.2, 0.25) is 0 Å². The quantitative estimate of drug-likeness (QED) is 0.923. The SMILES string of the molecule is CCCc1nc(C(=O)N(C)Cc2n[nH]c3c2CCC3)cs1. The van der Waals surface area contributed by atoms with Crippen molar-refractivity contribution in [1.29, 1.82) is 0 Å². The summed E-state index contributed by atoms with van der Waals surface area (Å²) in [5, 5.41) is 10.3. The minimum absolute atomic E-state index is 0.0247. The van der Waals surface area contributed by atoms with Crippen LogP contribution < -0.4 is 0 Å². The largest absolute Gasteiger partial charge is 0.334 e. The number of carbonyl (C=O) groups excluding carboxylic acids is 1. The van der Waals surface area contributed by atoms with Crippen molar-refractivity contribution < 1.29 is 4.79 Å². The Kier molecular flexibility index (Phi) is 4.05. The molecule has 3 rings (SSSR count). The lowest BCUT2D eigenvalue weighted by Gasteiger charge is -2.15. The molecule has 0 saturated heterocycles. The average Bonchev–Trinajstić information content (AvgIpc) is 3.16. The highest BCUT2D eigenvalue weighted by atomic mass is 32.1. The van der Waals surface area contributed by atoms with Crippen molar-refractivity contribution >= 4 is 17.2 Å². The zero-order chi connectivity index (χ0) is 14.8. The first kappa shape index (κ1) is 14.3. The fourth-order valence-corrected chi connectivity index (χ4v) is 3.62. The molecule has 2 heterocycles. The molecule has 1 aliphatic rings. The Bertz CT molecular complexity index is 646. The molecule has 0 spiro atoms. The van der Waals surface area contributed by atoms with Gasteiger partial charge in [0, 0.05) is 18.1 Å². The van der Waals surface area contributed by atoms with E-state index < -0.39 is 0 Å². The van der Waals surface area contributed by atoms with Crippen LogP contribution in [0, 0.1) is 0 Å². The molecular weight excluding hydrogens is 284 g/mol. The third kappa shape index (κ3) is 2.85. The van der Waals surface area contributed by atoms with E-state index in [9.17, 15) is 4.79 Å². The van der Waals surface area contributed by atoms with E-state index in [1.807, 2.05) is 12.4 Å². The van der Waals surface area contributed by atoms with Crippen molar-refractivity contribution in [3.8, 4) is 0 Å². The van der Waals surface area contributed by atoms with Crippen LogP contribution in [0.1, 0.15) is 52.2 Å². The lowest BCUT2D eigenvalue weighted by molar-refractivity contribution is 0.0778.